The SMILES string of the molecule is Cc1cc(C(N)CCc2ccsc2)cc(C)c1Br. The first-order valence-corrected chi connectivity index (χ1v) is 7.85. The minimum atomic E-state index is 0.121. The summed E-state index contributed by atoms with van der Waals surface area (Å²) >= 11 is 5.34. The van der Waals surface area contributed by atoms with Gasteiger partial charge in [0.1, 0.15) is 0 Å². The van der Waals surface area contributed by atoms with E-state index in [1.54, 1.807) is 11.3 Å². The molecule has 96 valence electrons. The summed E-state index contributed by atoms with van der Waals surface area (Å²) < 4.78 is 1.19. The molecule has 0 amide bonds. The van der Waals surface area contributed by atoms with Crippen molar-refractivity contribution in [2.75, 3.05) is 0 Å². The molecular formula is C15H18BrNS. The highest BCUT2D eigenvalue weighted by atomic mass is 79.9. The van der Waals surface area contributed by atoms with E-state index in [0.717, 1.165) is 12.8 Å². The van der Waals surface area contributed by atoms with Crippen molar-refractivity contribution in [1.29, 1.82) is 0 Å². The number of hydrogen-bond donors (Lipinski definition) is 1. The van der Waals surface area contributed by atoms with Gasteiger partial charge in [-0.25, -0.2) is 0 Å². The van der Waals surface area contributed by atoms with Gasteiger partial charge in [-0.2, -0.15) is 11.3 Å². The average Bonchev–Trinajstić information content (AvgIpc) is 2.85. The van der Waals surface area contributed by atoms with Gasteiger partial charge >= 0.3 is 0 Å². The highest BCUT2D eigenvalue weighted by molar-refractivity contribution is 9.10. The summed E-state index contributed by atoms with van der Waals surface area (Å²) in [4.78, 5) is 0. The minimum Gasteiger partial charge on any atom is -0.324 e. The Balaban J connectivity index is 2.07. The molecular weight excluding hydrogens is 306 g/mol. The van der Waals surface area contributed by atoms with Crippen molar-refractivity contribution in [2.24, 2.45) is 5.73 Å². The van der Waals surface area contributed by atoms with Gasteiger partial charge in [0.25, 0.3) is 0 Å². The molecule has 0 saturated carbocycles. The molecule has 0 aliphatic heterocycles. The third kappa shape index (κ3) is 3.22. The molecule has 0 radical (unpaired) electrons. The van der Waals surface area contributed by atoms with E-state index >= 15 is 0 Å². The first kappa shape index (κ1) is 13.8. The van der Waals surface area contributed by atoms with Crippen LogP contribution in [0.1, 0.15) is 34.7 Å². The summed E-state index contributed by atoms with van der Waals surface area (Å²) in [5, 5.41) is 4.32. The first-order chi connectivity index (χ1) is 8.58. The number of thiophene rings is 1. The molecule has 2 N–H and O–H groups in total. The van der Waals surface area contributed by atoms with Crippen LogP contribution < -0.4 is 5.73 Å². The maximum absolute atomic E-state index is 6.29. The molecule has 0 bridgehead atoms. The van der Waals surface area contributed by atoms with Crippen LogP contribution in [0.5, 0.6) is 0 Å². The van der Waals surface area contributed by atoms with E-state index in [-0.39, 0.29) is 6.04 Å². The predicted octanol–water partition coefficient (Wildman–Crippen LogP) is 4.76. The maximum atomic E-state index is 6.29. The van der Waals surface area contributed by atoms with Gasteiger partial charge in [-0.15, -0.1) is 0 Å². The lowest BCUT2D eigenvalue weighted by molar-refractivity contribution is 0.651. The third-order valence-corrected chi connectivity index (χ3v) is 5.19. The van der Waals surface area contributed by atoms with Crippen molar-refractivity contribution in [3.8, 4) is 0 Å². The van der Waals surface area contributed by atoms with Crippen molar-refractivity contribution in [1.82, 2.24) is 0 Å². The summed E-state index contributed by atoms with van der Waals surface area (Å²) in [6, 6.07) is 6.68. The molecule has 2 rings (SSSR count). The fraction of sp³-hybridized carbons (Fsp3) is 0.333. The van der Waals surface area contributed by atoms with Gasteiger partial charge in [0.15, 0.2) is 0 Å². The van der Waals surface area contributed by atoms with Crippen molar-refractivity contribution in [3.63, 3.8) is 0 Å². The molecule has 2 aromatic rings. The maximum Gasteiger partial charge on any atom is 0.0298 e. The molecule has 18 heavy (non-hydrogen) atoms. The smallest absolute Gasteiger partial charge is 0.0298 e. The summed E-state index contributed by atoms with van der Waals surface area (Å²) in [6.45, 7) is 4.23. The zero-order valence-corrected chi connectivity index (χ0v) is 13.1. The van der Waals surface area contributed by atoms with E-state index in [1.807, 2.05) is 0 Å². The molecule has 1 heterocycles. The second kappa shape index (κ2) is 6.00. The molecule has 0 saturated heterocycles. The summed E-state index contributed by atoms with van der Waals surface area (Å²) in [6.07, 6.45) is 2.05. The second-order valence-electron chi connectivity index (χ2n) is 4.75. The molecule has 0 spiro atoms. The van der Waals surface area contributed by atoms with E-state index < -0.39 is 0 Å². The Bertz CT molecular complexity index is 496. The molecule has 1 nitrogen and oxygen atoms in total. The monoisotopic (exact) mass is 323 g/mol. The molecule has 1 aromatic heterocycles. The van der Waals surface area contributed by atoms with E-state index in [1.165, 1.54) is 26.7 Å². The van der Waals surface area contributed by atoms with Gasteiger partial charge in [-0.05, 0) is 65.8 Å². The van der Waals surface area contributed by atoms with Crippen LogP contribution in [0.25, 0.3) is 0 Å². The van der Waals surface area contributed by atoms with Crippen LogP contribution in [0.4, 0.5) is 0 Å². The number of nitrogens with two attached hydrogens (primary N) is 1. The van der Waals surface area contributed by atoms with Crippen LogP contribution in [0.3, 0.4) is 0 Å². The van der Waals surface area contributed by atoms with E-state index in [0.29, 0.717) is 0 Å². The molecule has 1 aromatic carbocycles. The van der Waals surface area contributed by atoms with Crippen molar-refractivity contribution in [3.05, 3.63) is 55.7 Å². The average molecular weight is 324 g/mol. The number of halogens is 1. The molecule has 1 atom stereocenters. The van der Waals surface area contributed by atoms with Crippen LogP contribution in [0, 0.1) is 13.8 Å². The van der Waals surface area contributed by atoms with Gasteiger partial charge in [-0.3, -0.25) is 0 Å². The van der Waals surface area contributed by atoms with Gasteiger partial charge in [0.05, 0.1) is 0 Å². The van der Waals surface area contributed by atoms with Crippen LogP contribution >= 0.6 is 27.3 Å². The summed E-state index contributed by atoms with van der Waals surface area (Å²) in [7, 11) is 0. The Kier molecular flexibility index (Phi) is 4.60. The number of aryl methyl sites for hydroxylation is 3. The fourth-order valence-electron chi connectivity index (χ4n) is 2.12. The zero-order chi connectivity index (χ0) is 13.1. The van der Waals surface area contributed by atoms with Crippen molar-refractivity contribution < 1.29 is 0 Å². The first-order valence-electron chi connectivity index (χ1n) is 6.11. The number of rotatable bonds is 4. The van der Waals surface area contributed by atoms with Crippen LogP contribution in [0.2, 0.25) is 0 Å². The molecule has 3 heteroatoms. The third-order valence-electron chi connectivity index (χ3n) is 3.21. The zero-order valence-electron chi connectivity index (χ0n) is 10.7. The lowest BCUT2D eigenvalue weighted by atomic mass is 9.97. The fourth-order valence-corrected chi connectivity index (χ4v) is 3.05. The molecule has 0 aliphatic rings. The largest absolute Gasteiger partial charge is 0.324 e. The Morgan fingerprint density at radius 1 is 1.28 bits per heavy atom. The quantitative estimate of drug-likeness (QED) is 0.862. The lowest BCUT2D eigenvalue weighted by Gasteiger charge is -2.14. The Morgan fingerprint density at radius 3 is 2.50 bits per heavy atom. The van der Waals surface area contributed by atoms with Gasteiger partial charge in [-0.1, -0.05) is 28.1 Å². The highest BCUT2D eigenvalue weighted by Gasteiger charge is 2.10. The standard InChI is InChI=1S/C15H18BrNS/c1-10-7-13(8-11(2)15(10)16)14(17)4-3-12-5-6-18-9-12/h5-9,14H,3-4,17H2,1-2H3. The van der Waals surface area contributed by atoms with E-state index in [2.05, 4.69) is 58.7 Å². The Labute approximate surface area is 121 Å². The van der Waals surface area contributed by atoms with Gasteiger partial charge in [0.2, 0.25) is 0 Å². The van der Waals surface area contributed by atoms with Crippen LogP contribution in [-0.4, -0.2) is 0 Å². The predicted molar refractivity (Wildman–Crippen MR) is 83.2 cm³/mol. The number of benzene rings is 1. The van der Waals surface area contributed by atoms with Crippen LogP contribution in [0.15, 0.2) is 33.4 Å². The minimum absolute atomic E-state index is 0.121. The molecule has 0 aliphatic carbocycles. The number of hydrogen-bond acceptors (Lipinski definition) is 2. The Hall–Kier alpha value is -0.640. The van der Waals surface area contributed by atoms with Crippen molar-refractivity contribution in [2.45, 2.75) is 32.7 Å². The van der Waals surface area contributed by atoms with Gasteiger partial charge in [0, 0.05) is 10.5 Å². The normalized spacial score (nSPS) is 12.7. The molecule has 0 fully saturated rings. The summed E-state index contributed by atoms with van der Waals surface area (Å²) in [5.41, 5.74) is 11.4. The van der Waals surface area contributed by atoms with E-state index in [9.17, 15) is 0 Å². The highest BCUT2D eigenvalue weighted by Crippen LogP contribution is 2.26. The second-order valence-corrected chi connectivity index (χ2v) is 6.32. The van der Waals surface area contributed by atoms with Crippen molar-refractivity contribution >= 4 is 27.3 Å². The molecule has 1 unspecified atom stereocenters. The topological polar surface area (TPSA) is 26.0 Å². The van der Waals surface area contributed by atoms with E-state index in [4.69, 9.17) is 5.73 Å². The Morgan fingerprint density at radius 2 is 1.94 bits per heavy atom. The summed E-state index contributed by atoms with van der Waals surface area (Å²) in [5.74, 6) is 0. The lowest BCUT2D eigenvalue weighted by Crippen LogP contribution is -2.11. The van der Waals surface area contributed by atoms with Crippen LogP contribution in [-0.2, 0) is 6.42 Å². The van der Waals surface area contributed by atoms with Gasteiger partial charge < -0.3 is 5.73 Å².